The van der Waals surface area contributed by atoms with Crippen LogP contribution >= 0.6 is 15.9 Å². The Balaban J connectivity index is 2.22. The summed E-state index contributed by atoms with van der Waals surface area (Å²) in [5.74, 6) is 1.17. The minimum Gasteiger partial charge on any atom is -0.493 e. The molecule has 19 heavy (non-hydrogen) atoms. The lowest BCUT2D eigenvalue weighted by Gasteiger charge is -2.18. The van der Waals surface area contributed by atoms with E-state index in [0.29, 0.717) is 13.0 Å². The van der Waals surface area contributed by atoms with Gasteiger partial charge in [-0.25, -0.2) is 0 Å². The molecule has 1 aromatic carbocycles. The highest BCUT2D eigenvalue weighted by Gasteiger charge is 2.25. The smallest absolute Gasteiger partial charge is 0.166 e. The van der Waals surface area contributed by atoms with Gasteiger partial charge in [-0.2, -0.15) is 0 Å². The van der Waals surface area contributed by atoms with E-state index in [9.17, 15) is 4.79 Å². The van der Waals surface area contributed by atoms with Crippen LogP contribution in [0.5, 0.6) is 5.75 Å². The molecule has 3 nitrogen and oxygen atoms in total. The number of methoxy groups -OCH3 is 1. The zero-order chi connectivity index (χ0) is 14.0. The Morgan fingerprint density at radius 1 is 1.47 bits per heavy atom. The molecule has 0 bridgehead atoms. The van der Waals surface area contributed by atoms with E-state index in [1.54, 1.807) is 7.11 Å². The summed E-state index contributed by atoms with van der Waals surface area (Å²) in [7, 11) is 1.59. The molecule has 0 aliphatic carbocycles. The molecule has 1 heterocycles. The Hall–Kier alpha value is -0.870. The van der Waals surface area contributed by atoms with Gasteiger partial charge in [0.15, 0.2) is 5.78 Å². The van der Waals surface area contributed by atoms with Gasteiger partial charge in [0.25, 0.3) is 0 Å². The van der Waals surface area contributed by atoms with Gasteiger partial charge in [-0.3, -0.25) is 4.79 Å². The van der Waals surface area contributed by atoms with Gasteiger partial charge in [0.1, 0.15) is 11.9 Å². The van der Waals surface area contributed by atoms with Crippen LogP contribution < -0.4 is 4.74 Å². The molecular formula is C15H19BrO3. The predicted molar refractivity (Wildman–Crippen MR) is 77.7 cm³/mol. The quantitative estimate of drug-likeness (QED) is 0.833. The van der Waals surface area contributed by atoms with Crippen molar-refractivity contribution in [2.75, 3.05) is 13.7 Å². The number of hydrogen-bond donors (Lipinski definition) is 0. The fourth-order valence-corrected chi connectivity index (χ4v) is 3.09. The Kier molecular flexibility index (Phi) is 4.63. The molecule has 1 aliphatic heterocycles. The highest BCUT2D eigenvalue weighted by atomic mass is 79.9. The number of carbonyl (C=O) groups is 1. The number of ketones is 1. The third-order valence-electron chi connectivity index (χ3n) is 3.37. The first-order valence-electron chi connectivity index (χ1n) is 6.52. The minimum absolute atomic E-state index is 0.105. The predicted octanol–water partition coefficient (Wildman–Crippen LogP) is 3.17. The van der Waals surface area contributed by atoms with E-state index in [1.165, 1.54) is 5.56 Å². The second kappa shape index (κ2) is 6.06. The van der Waals surface area contributed by atoms with Crippen LogP contribution in [0.1, 0.15) is 25.0 Å². The molecule has 1 atom stereocenters. The standard InChI is InChI=1S/C15H19BrO3/c1-9(2)14(18-3)13(17)8-11-7-12(16)6-10-4-5-19-15(10)11/h6-7,9,14H,4-5,8H2,1-3H3. The highest BCUT2D eigenvalue weighted by Crippen LogP contribution is 2.33. The number of Topliss-reactive ketones (excluding diaryl/α,β-unsaturated/α-hetero) is 1. The van der Waals surface area contributed by atoms with Crippen molar-refractivity contribution >= 4 is 21.7 Å². The zero-order valence-corrected chi connectivity index (χ0v) is 13.1. The first-order valence-corrected chi connectivity index (χ1v) is 7.31. The van der Waals surface area contributed by atoms with Gasteiger partial charge in [-0.1, -0.05) is 29.8 Å². The first-order chi connectivity index (χ1) is 9.02. The molecule has 4 heteroatoms. The van der Waals surface area contributed by atoms with Gasteiger partial charge in [0.2, 0.25) is 0 Å². The molecular weight excluding hydrogens is 308 g/mol. The summed E-state index contributed by atoms with van der Waals surface area (Å²) < 4.78 is 11.9. The Bertz CT molecular complexity index is 483. The van der Waals surface area contributed by atoms with Crippen molar-refractivity contribution in [2.24, 2.45) is 5.92 Å². The van der Waals surface area contributed by atoms with E-state index in [2.05, 4.69) is 22.0 Å². The molecule has 1 unspecified atom stereocenters. The van der Waals surface area contributed by atoms with Crippen molar-refractivity contribution in [3.8, 4) is 5.75 Å². The van der Waals surface area contributed by atoms with Crippen LogP contribution in [-0.4, -0.2) is 25.6 Å². The molecule has 0 fully saturated rings. The topological polar surface area (TPSA) is 35.5 Å². The lowest BCUT2D eigenvalue weighted by molar-refractivity contribution is -0.130. The molecule has 1 aliphatic rings. The van der Waals surface area contributed by atoms with Gasteiger partial charge < -0.3 is 9.47 Å². The first kappa shape index (κ1) is 14.5. The SMILES string of the molecule is COC(C(=O)Cc1cc(Br)cc2c1OCC2)C(C)C. The van der Waals surface area contributed by atoms with Crippen LogP contribution in [0.25, 0.3) is 0 Å². The van der Waals surface area contributed by atoms with E-state index < -0.39 is 0 Å². The number of carbonyl (C=O) groups excluding carboxylic acids is 1. The maximum Gasteiger partial charge on any atom is 0.166 e. The number of ether oxygens (including phenoxy) is 2. The molecule has 0 spiro atoms. The summed E-state index contributed by atoms with van der Waals surface area (Å²) in [5, 5.41) is 0. The van der Waals surface area contributed by atoms with E-state index in [-0.39, 0.29) is 17.8 Å². The van der Waals surface area contributed by atoms with E-state index in [4.69, 9.17) is 9.47 Å². The minimum atomic E-state index is -0.351. The van der Waals surface area contributed by atoms with Gasteiger partial charge >= 0.3 is 0 Å². The average molecular weight is 327 g/mol. The normalized spacial score (nSPS) is 15.2. The van der Waals surface area contributed by atoms with Crippen molar-refractivity contribution in [1.82, 2.24) is 0 Å². The maximum atomic E-state index is 12.3. The van der Waals surface area contributed by atoms with Crippen LogP contribution in [-0.2, 0) is 22.4 Å². The summed E-state index contributed by atoms with van der Waals surface area (Å²) in [5.41, 5.74) is 2.13. The average Bonchev–Trinajstić information content (AvgIpc) is 2.77. The molecule has 0 aromatic heterocycles. The summed E-state index contributed by atoms with van der Waals surface area (Å²) >= 11 is 3.49. The van der Waals surface area contributed by atoms with Gasteiger partial charge in [0, 0.05) is 30.0 Å². The van der Waals surface area contributed by atoms with E-state index >= 15 is 0 Å². The molecule has 1 aromatic rings. The number of halogens is 1. The molecule has 0 N–H and O–H groups in total. The molecule has 0 saturated heterocycles. The van der Waals surface area contributed by atoms with Crippen LogP contribution in [0.15, 0.2) is 16.6 Å². The zero-order valence-electron chi connectivity index (χ0n) is 11.5. The maximum absolute atomic E-state index is 12.3. The van der Waals surface area contributed by atoms with Crippen molar-refractivity contribution in [1.29, 1.82) is 0 Å². The number of rotatable bonds is 5. The summed E-state index contributed by atoms with van der Waals surface area (Å²) in [6.45, 7) is 4.69. The molecule has 0 amide bonds. The summed E-state index contributed by atoms with van der Waals surface area (Å²) in [6, 6.07) is 4.03. The Morgan fingerprint density at radius 2 is 2.21 bits per heavy atom. The third kappa shape index (κ3) is 3.18. The molecule has 104 valence electrons. The van der Waals surface area contributed by atoms with Crippen molar-refractivity contribution in [2.45, 2.75) is 32.8 Å². The fraction of sp³-hybridized carbons (Fsp3) is 0.533. The summed E-state index contributed by atoms with van der Waals surface area (Å²) in [6.07, 6.45) is 0.919. The largest absolute Gasteiger partial charge is 0.493 e. The highest BCUT2D eigenvalue weighted by molar-refractivity contribution is 9.10. The van der Waals surface area contributed by atoms with Gasteiger partial charge in [-0.15, -0.1) is 0 Å². The van der Waals surface area contributed by atoms with Crippen molar-refractivity contribution in [3.63, 3.8) is 0 Å². The van der Waals surface area contributed by atoms with E-state index in [1.807, 2.05) is 19.9 Å². The fourth-order valence-electron chi connectivity index (χ4n) is 2.54. The molecule has 0 saturated carbocycles. The van der Waals surface area contributed by atoms with Crippen LogP contribution in [0.3, 0.4) is 0 Å². The van der Waals surface area contributed by atoms with Crippen molar-refractivity contribution in [3.05, 3.63) is 27.7 Å². The van der Waals surface area contributed by atoms with Crippen LogP contribution in [0, 0.1) is 5.92 Å². The third-order valence-corrected chi connectivity index (χ3v) is 3.82. The number of fused-ring (bicyclic) bond motifs is 1. The second-order valence-corrected chi connectivity index (χ2v) is 6.11. The lowest BCUT2D eigenvalue weighted by atomic mass is 9.96. The van der Waals surface area contributed by atoms with Crippen LogP contribution in [0.4, 0.5) is 0 Å². The van der Waals surface area contributed by atoms with Crippen molar-refractivity contribution < 1.29 is 14.3 Å². The molecule has 2 rings (SSSR count). The number of hydrogen-bond acceptors (Lipinski definition) is 3. The molecule has 0 radical (unpaired) electrons. The monoisotopic (exact) mass is 326 g/mol. The van der Waals surface area contributed by atoms with Gasteiger partial charge in [-0.05, 0) is 23.6 Å². The second-order valence-electron chi connectivity index (χ2n) is 5.20. The van der Waals surface area contributed by atoms with E-state index in [0.717, 1.165) is 22.2 Å². The Morgan fingerprint density at radius 3 is 2.84 bits per heavy atom. The Labute approximate surface area is 122 Å². The van der Waals surface area contributed by atoms with Crippen LogP contribution in [0.2, 0.25) is 0 Å². The van der Waals surface area contributed by atoms with Gasteiger partial charge in [0.05, 0.1) is 6.61 Å². The number of benzene rings is 1. The summed E-state index contributed by atoms with van der Waals surface area (Å²) in [4.78, 5) is 12.3. The lowest BCUT2D eigenvalue weighted by Crippen LogP contribution is -2.30.